The maximum atomic E-state index is 13.7. The fraction of sp³-hybridized carbons (Fsp3) is 0.350. The zero-order valence-electron chi connectivity index (χ0n) is 14.3. The van der Waals surface area contributed by atoms with E-state index in [1.54, 1.807) is 19.1 Å². The number of hydrogen-bond acceptors (Lipinski definition) is 1. The van der Waals surface area contributed by atoms with Crippen LogP contribution in [-0.4, -0.2) is 37.0 Å². The van der Waals surface area contributed by atoms with E-state index in [4.69, 9.17) is 0 Å². The number of halogens is 1. The van der Waals surface area contributed by atoms with Crippen LogP contribution in [0.5, 0.6) is 0 Å². The molecule has 2 aromatic rings. The van der Waals surface area contributed by atoms with E-state index >= 15 is 0 Å². The molecule has 1 fully saturated rings. The van der Waals surface area contributed by atoms with Gasteiger partial charge < -0.3 is 9.80 Å². The quantitative estimate of drug-likeness (QED) is 0.916. The molecule has 0 bridgehead atoms. The molecule has 1 aliphatic rings. The molecule has 1 heterocycles. The fourth-order valence-corrected chi connectivity index (χ4v) is 3.19. The number of hydrogen-bond donors (Lipinski definition) is 1. The van der Waals surface area contributed by atoms with Gasteiger partial charge in [-0.25, -0.2) is 4.39 Å². The van der Waals surface area contributed by atoms with E-state index in [0.29, 0.717) is 11.1 Å². The van der Waals surface area contributed by atoms with Crippen LogP contribution in [0.2, 0.25) is 0 Å². The number of benzene rings is 2. The number of aryl methyl sites for hydroxylation is 2. The van der Waals surface area contributed by atoms with Gasteiger partial charge in [-0.2, -0.15) is 0 Å². The zero-order chi connectivity index (χ0) is 17.1. The minimum Gasteiger partial charge on any atom is -0.328 e. The number of quaternary nitrogens is 1. The van der Waals surface area contributed by atoms with Crippen LogP contribution in [0.3, 0.4) is 0 Å². The molecular weight excluding hydrogens is 303 g/mol. The summed E-state index contributed by atoms with van der Waals surface area (Å²) in [5.41, 5.74) is 3.70. The maximum absolute atomic E-state index is 13.7. The van der Waals surface area contributed by atoms with Gasteiger partial charge in [-0.05, 0) is 37.1 Å². The van der Waals surface area contributed by atoms with Gasteiger partial charge in [0.2, 0.25) is 0 Å². The number of amides is 1. The first-order valence-electron chi connectivity index (χ1n) is 8.48. The van der Waals surface area contributed by atoms with E-state index in [9.17, 15) is 9.18 Å². The minimum atomic E-state index is -0.315. The van der Waals surface area contributed by atoms with Crippen LogP contribution in [0.4, 0.5) is 4.39 Å². The molecule has 0 radical (unpaired) electrons. The molecule has 126 valence electrons. The molecule has 1 amide bonds. The third-order valence-electron chi connectivity index (χ3n) is 4.88. The smallest absolute Gasteiger partial charge is 0.254 e. The normalized spacial score (nSPS) is 15.5. The van der Waals surface area contributed by atoms with E-state index in [1.165, 1.54) is 22.1 Å². The van der Waals surface area contributed by atoms with Gasteiger partial charge in [0.1, 0.15) is 12.4 Å². The molecule has 3 nitrogen and oxygen atoms in total. The largest absolute Gasteiger partial charge is 0.328 e. The second kappa shape index (κ2) is 7.14. The molecule has 0 saturated carbocycles. The van der Waals surface area contributed by atoms with Crippen molar-refractivity contribution in [2.45, 2.75) is 20.4 Å². The number of carbonyl (C=O) groups excluding carboxylic acids is 1. The summed E-state index contributed by atoms with van der Waals surface area (Å²) >= 11 is 0. The summed E-state index contributed by atoms with van der Waals surface area (Å²) < 4.78 is 13.7. The Kier molecular flexibility index (Phi) is 4.95. The standard InChI is InChI=1S/C20H23FN2O/c1-15-5-3-4-6-18(15)14-22-9-11-23(12-10-22)20(24)17-8-7-16(2)19(21)13-17/h3-8,13H,9-12,14H2,1-2H3/p+1. The number of rotatable bonds is 3. The van der Waals surface area contributed by atoms with Gasteiger partial charge in [0.15, 0.2) is 0 Å². The lowest BCUT2D eigenvalue weighted by Gasteiger charge is -2.32. The van der Waals surface area contributed by atoms with Crippen LogP contribution in [0.1, 0.15) is 27.0 Å². The Balaban J connectivity index is 1.59. The molecular formula is C20H24FN2O+. The van der Waals surface area contributed by atoms with Crippen LogP contribution >= 0.6 is 0 Å². The number of nitrogens with one attached hydrogen (secondary N) is 1. The number of nitrogens with zero attached hydrogens (tertiary/aromatic N) is 1. The molecule has 2 aromatic carbocycles. The SMILES string of the molecule is Cc1ccc(C(=O)N2CC[NH+](Cc3ccccc3C)CC2)cc1F. The Hall–Kier alpha value is -2.20. The van der Waals surface area contributed by atoms with Crippen LogP contribution in [-0.2, 0) is 6.54 Å². The minimum absolute atomic E-state index is 0.0659. The zero-order valence-corrected chi connectivity index (χ0v) is 14.3. The summed E-state index contributed by atoms with van der Waals surface area (Å²) in [5.74, 6) is -0.381. The highest BCUT2D eigenvalue weighted by Gasteiger charge is 2.25. The highest BCUT2D eigenvalue weighted by atomic mass is 19.1. The summed E-state index contributed by atoms with van der Waals surface area (Å²) in [7, 11) is 0. The Bertz CT molecular complexity index is 736. The van der Waals surface area contributed by atoms with Gasteiger partial charge in [-0.3, -0.25) is 4.79 Å². The van der Waals surface area contributed by atoms with Gasteiger partial charge in [0, 0.05) is 11.1 Å². The van der Waals surface area contributed by atoms with Gasteiger partial charge in [0.05, 0.1) is 26.2 Å². The predicted octanol–water partition coefficient (Wildman–Crippen LogP) is 1.98. The fourth-order valence-electron chi connectivity index (χ4n) is 3.19. The molecule has 3 rings (SSSR count). The second-order valence-corrected chi connectivity index (χ2v) is 6.61. The molecule has 4 heteroatoms. The van der Waals surface area contributed by atoms with E-state index in [-0.39, 0.29) is 11.7 Å². The lowest BCUT2D eigenvalue weighted by atomic mass is 10.1. The molecule has 0 aliphatic carbocycles. The van der Waals surface area contributed by atoms with Crippen LogP contribution in [0.15, 0.2) is 42.5 Å². The average molecular weight is 327 g/mol. The topological polar surface area (TPSA) is 24.8 Å². The van der Waals surface area contributed by atoms with Crippen molar-refractivity contribution >= 4 is 5.91 Å². The van der Waals surface area contributed by atoms with Crippen molar-refractivity contribution in [3.8, 4) is 0 Å². The highest BCUT2D eigenvalue weighted by molar-refractivity contribution is 5.94. The van der Waals surface area contributed by atoms with Gasteiger partial charge in [-0.15, -0.1) is 0 Å². The number of carbonyl (C=O) groups is 1. The molecule has 0 aromatic heterocycles. The third kappa shape index (κ3) is 3.65. The van der Waals surface area contributed by atoms with Crippen molar-refractivity contribution in [3.63, 3.8) is 0 Å². The molecule has 1 saturated heterocycles. The first-order valence-corrected chi connectivity index (χ1v) is 8.48. The van der Waals surface area contributed by atoms with Crippen molar-refractivity contribution in [2.75, 3.05) is 26.2 Å². The molecule has 0 unspecified atom stereocenters. The maximum Gasteiger partial charge on any atom is 0.254 e. The third-order valence-corrected chi connectivity index (χ3v) is 4.88. The number of piperazine rings is 1. The molecule has 0 atom stereocenters. The second-order valence-electron chi connectivity index (χ2n) is 6.61. The summed E-state index contributed by atoms with van der Waals surface area (Å²) in [5, 5.41) is 0. The van der Waals surface area contributed by atoms with Gasteiger partial charge in [-0.1, -0.05) is 30.3 Å². The summed E-state index contributed by atoms with van der Waals surface area (Å²) in [6, 6.07) is 13.2. The van der Waals surface area contributed by atoms with Crippen molar-refractivity contribution < 1.29 is 14.1 Å². The van der Waals surface area contributed by atoms with Gasteiger partial charge >= 0.3 is 0 Å². The Labute approximate surface area is 142 Å². The molecule has 1 N–H and O–H groups in total. The van der Waals surface area contributed by atoms with E-state index in [1.807, 2.05) is 4.90 Å². The highest BCUT2D eigenvalue weighted by Crippen LogP contribution is 2.12. The van der Waals surface area contributed by atoms with E-state index in [2.05, 4.69) is 31.2 Å². The average Bonchev–Trinajstić information content (AvgIpc) is 2.59. The Morgan fingerprint density at radius 2 is 1.79 bits per heavy atom. The van der Waals surface area contributed by atoms with Crippen molar-refractivity contribution in [2.24, 2.45) is 0 Å². The monoisotopic (exact) mass is 327 g/mol. The summed E-state index contributed by atoms with van der Waals surface area (Å²) in [4.78, 5) is 15.9. The summed E-state index contributed by atoms with van der Waals surface area (Å²) in [6.45, 7) is 8.12. The van der Waals surface area contributed by atoms with Crippen molar-refractivity contribution in [1.29, 1.82) is 0 Å². The van der Waals surface area contributed by atoms with Gasteiger partial charge in [0.25, 0.3) is 5.91 Å². The molecule has 24 heavy (non-hydrogen) atoms. The molecule has 0 spiro atoms. The van der Waals surface area contributed by atoms with E-state index in [0.717, 1.165) is 32.7 Å². The molecule has 1 aliphatic heterocycles. The van der Waals surface area contributed by atoms with Crippen molar-refractivity contribution in [3.05, 3.63) is 70.5 Å². The summed E-state index contributed by atoms with van der Waals surface area (Å²) in [6.07, 6.45) is 0. The Morgan fingerprint density at radius 1 is 1.08 bits per heavy atom. The van der Waals surface area contributed by atoms with Crippen LogP contribution in [0.25, 0.3) is 0 Å². The van der Waals surface area contributed by atoms with E-state index < -0.39 is 0 Å². The van der Waals surface area contributed by atoms with Crippen LogP contribution in [0, 0.1) is 19.7 Å². The first-order chi connectivity index (χ1) is 11.5. The van der Waals surface area contributed by atoms with Crippen LogP contribution < -0.4 is 4.90 Å². The predicted molar refractivity (Wildman–Crippen MR) is 92.6 cm³/mol. The first kappa shape index (κ1) is 16.7. The Morgan fingerprint density at radius 3 is 2.46 bits per heavy atom. The van der Waals surface area contributed by atoms with Crippen molar-refractivity contribution in [1.82, 2.24) is 4.90 Å². The lowest BCUT2D eigenvalue weighted by Crippen LogP contribution is -3.13. The lowest BCUT2D eigenvalue weighted by molar-refractivity contribution is -0.917.